The highest BCUT2D eigenvalue weighted by molar-refractivity contribution is 6.31. The Morgan fingerprint density at radius 1 is 1.00 bits per heavy atom. The van der Waals surface area contributed by atoms with E-state index in [-0.39, 0.29) is 29.8 Å². The van der Waals surface area contributed by atoms with E-state index in [1.807, 2.05) is 24.4 Å². The number of carbonyl (C=O) groups is 3. The van der Waals surface area contributed by atoms with Crippen LogP contribution >= 0.6 is 11.6 Å². The molecular weight excluding hydrogens is 476 g/mol. The number of benzene rings is 2. The number of imide groups is 1. The van der Waals surface area contributed by atoms with Crippen molar-refractivity contribution < 1.29 is 14.4 Å². The molecule has 0 unspecified atom stereocenters. The average Bonchev–Trinajstić information content (AvgIpc) is 3.59. The number of likely N-dealkylation sites (tertiary alicyclic amines) is 1. The van der Waals surface area contributed by atoms with Gasteiger partial charge in [0.2, 0.25) is 17.7 Å². The number of hydrogen-bond acceptors (Lipinski definition) is 4. The van der Waals surface area contributed by atoms with Gasteiger partial charge in [-0.2, -0.15) is 0 Å². The van der Waals surface area contributed by atoms with Crippen molar-refractivity contribution in [3.05, 3.63) is 64.8 Å². The quantitative estimate of drug-likeness (QED) is 0.470. The lowest BCUT2D eigenvalue weighted by atomic mass is 9.76. The highest BCUT2D eigenvalue weighted by Crippen LogP contribution is 2.54. The molecule has 3 fully saturated rings. The number of amides is 3. The van der Waals surface area contributed by atoms with Crippen LogP contribution in [0.4, 0.5) is 5.69 Å². The molecule has 1 saturated carbocycles. The Labute approximate surface area is 213 Å². The summed E-state index contributed by atoms with van der Waals surface area (Å²) in [5, 5.41) is 8.07. The molecule has 4 heterocycles. The minimum absolute atomic E-state index is 0.0848. The number of carbonyl (C=O) groups excluding carboxylic acids is 3. The molecule has 4 atom stereocenters. The normalized spacial score (nSPS) is 29.9. The van der Waals surface area contributed by atoms with Crippen molar-refractivity contribution in [1.29, 1.82) is 0 Å². The van der Waals surface area contributed by atoms with Crippen LogP contribution in [0.5, 0.6) is 0 Å². The molecule has 0 radical (unpaired) electrons. The Kier molecular flexibility index (Phi) is 4.85. The SMILES string of the molecule is O=C1[C@H]2[C@@H](C(=O)N1C1CCCCC1)[C@]1(N[C@@H]2Cc2c[nH]c3ccccc23)C(=O)Nc2ccc(Cl)cc21. The third-order valence-electron chi connectivity index (χ3n) is 8.77. The number of fused-ring (bicyclic) bond motifs is 5. The Bertz CT molecular complexity index is 1430. The Hall–Kier alpha value is -3.16. The zero-order valence-corrected chi connectivity index (χ0v) is 20.5. The van der Waals surface area contributed by atoms with Crippen LogP contribution < -0.4 is 10.6 Å². The fraction of sp³-hybridized carbons (Fsp3) is 0.393. The van der Waals surface area contributed by atoms with Crippen molar-refractivity contribution in [2.24, 2.45) is 11.8 Å². The van der Waals surface area contributed by atoms with Gasteiger partial charge in [0, 0.05) is 45.5 Å². The van der Waals surface area contributed by atoms with E-state index < -0.39 is 17.4 Å². The van der Waals surface area contributed by atoms with Crippen molar-refractivity contribution in [3.63, 3.8) is 0 Å². The fourth-order valence-electron chi connectivity index (χ4n) is 7.21. The van der Waals surface area contributed by atoms with Crippen LogP contribution in [0, 0.1) is 11.8 Å². The molecule has 36 heavy (non-hydrogen) atoms. The van der Waals surface area contributed by atoms with Crippen molar-refractivity contribution in [3.8, 4) is 0 Å². The molecule has 7 nitrogen and oxygen atoms in total. The molecule has 2 aromatic carbocycles. The maximum absolute atomic E-state index is 14.1. The first-order chi connectivity index (χ1) is 17.5. The number of hydrogen-bond donors (Lipinski definition) is 3. The van der Waals surface area contributed by atoms with Gasteiger partial charge in [0.15, 0.2) is 0 Å². The summed E-state index contributed by atoms with van der Waals surface area (Å²) in [6.07, 6.45) is 7.30. The topological polar surface area (TPSA) is 94.3 Å². The van der Waals surface area contributed by atoms with Gasteiger partial charge in [-0.05, 0) is 49.1 Å². The molecule has 3 aliphatic heterocycles. The second-order valence-electron chi connectivity index (χ2n) is 10.6. The maximum Gasteiger partial charge on any atom is 0.250 e. The zero-order chi connectivity index (χ0) is 24.6. The predicted octanol–water partition coefficient (Wildman–Crippen LogP) is 4.12. The van der Waals surface area contributed by atoms with Crippen molar-refractivity contribution in [1.82, 2.24) is 15.2 Å². The van der Waals surface area contributed by atoms with Crippen LogP contribution in [0.3, 0.4) is 0 Å². The van der Waals surface area contributed by atoms with E-state index in [4.69, 9.17) is 11.6 Å². The van der Waals surface area contributed by atoms with Crippen LogP contribution in [-0.4, -0.2) is 39.7 Å². The average molecular weight is 503 g/mol. The molecule has 1 aliphatic carbocycles. The number of nitrogens with zero attached hydrogens (tertiary/aromatic N) is 1. The van der Waals surface area contributed by atoms with Gasteiger partial charge in [0.1, 0.15) is 5.54 Å². The molecule has 2 saturated heterocycles. The van der Waals surface area contributed by atoms with Crippen molar-refractivity contribution in [2.75, 3.05) is 5.32 Å². The van der Waals surface area contributed by atoms with Crippen LogP contribution in [0.25, 0.3) is 10.9 Å². The van der Waals surface area contributed by atoms with E-state index in [1.165, 1.54) is 4.90 Å². The van der Waals surface area contributed by atoms with Gasteiger partial charge >= 0.3 is 0 Å². The Balaban J connectivity index is 1.36. The molecule has 4 aliphatic rings. The lowest BCUT2D eigenvalue weighted by molar-refractivity contribution is -0.146. The van der Waals surface area contributed by atoms with E-state index in [0.29, 0.717) is 22.7 Å². The highest BCUT2D eigenvalue weighted by atomic mass is 35.5. The fourth-order valence-corrected chi connectivity index (χ4v) is 7.38. The van der Waals surface area contributed by atoms with Crippen LogP contribution in [0.15, 0.2) is 48.7 Å². The summed E-state index contributed by atoms with van der Waals surface area (Å²) in [5.74, 6) is -2.09. The first kappa shape index (κ1) is 22.1. The largest absolute Gasteiger partial charge is 0.361 e. The molecule has 7 rings (SSSR count). The summed E-state index contributed by atoms with van der Waals surface area (Å²) < 4.78 is 0. The van der Waals surface area contributed by atoms with Crippen LogP contribution in [0.1, 0.15) is 43.2 Å². The number of H-pyrrole nitrogens is 1. The molecule has 0 bridgehead atoms. The standard InChI is InChI=1S/C28H27ClN4O3/c29-16-10-11-21-19(13-16)28(27(36)31-21)24-23(25(34)33(26(24)35)17-6-2-1-3-7-17)22(32-28)12-15-14-30-20-9-5-4-8-18(15)20/h4-5,8-11,13-14,17,22-24,30,32H,1-3,6-7,12H2,(H,31,36)/t22-,23-,24+,28+/m1/s1. The minimum Gasteiger partial charge on any atom is -0.361 e. The number of halogens is 1. The summed E-state index contributed by atoms with van der Waals surface area (Å²) in [6, 6.07) is 12.8. The minimum atomic E-state index is -1.32. The molecule has 3 aromatic rings. The molecular formula is C28H27ClN4O3. The van der Waals surface area contributed by atoms with Crippen molar-refractivity contribution in [2.45, 2.75) is 56.1 Å². The summed E-state index contributed by atoms with van der Waals surface area (Å²) in [7, 11) is 0. The lowest BCUT2D eigenvalue weighted by Crippen LogP contribution is -2.54. The summed E-state index contributed by atoms with van der Waals surface area (Å²) in [5.41, 5.74) is 2.05. The number of aromatic nitrogens is 1. The maximum atomic E-state index is 14.1. The van der Waals surface area contributed by atoms with E-state index in [1.54, 1.807) is 18.2 Å². The number of nitrogens with one attached hydrogen (secondary N) is 3. The zero-order valence-electron chi connectivity index (χ0n) is 19.7. The van der Waals surface area contributed by atoms with E-state index in [9.17, 15) is 14.4 Å². The second-order valence-corrected chi connectivity index (χ2v) is 11.0. The molecule has 8 heteroatoms. The van der Waals surface area contributed by atoms with Crippen LogP contribution in [0.2, 0.25) is 5.02 Å². The van der Waals surface area contributed by atoms with Gasteiger partial charge < -0.3 is 10.3 Å². The smallest absolute Gasteiger partial charge is 0.250 e. The van der Waals surface area contributed by atoms with Gasteiger partial charge in [-0.25, -0.2) is 0 Å². The van der Waals surface area contributed by atoms with Gasteiger partial charge in [0.25, 0.3) is 0 Å². The first-order valence-electron chi connectivity index (χ1n) is 12.8. The second kappa shape index (κ2) is 7.92. The number of rotatable bonds is 3. The van der Waals surface area contributed by atoms with E-state index >= 15 is 0 Å². The number of aromatic amines is 1. The Morgan fingerprint density at radius 2 is 1.81 bits per heavy atom. The van der Waals surface area contributed by atoms with Gasteiger partial charge in [-0.1, -0.05) is 49.1 Å². The number of para-hydroxylation sites is 1. The van der Waals surface area contributed by atoms with Gasteiger partial charge in [-0.15, -0.1) is 0 Å². The summed E-state index contributed by atoms with van der Waals surface area (Å²) in [4.78, 5) is 46.7. The first-order valence-corrected chi connectivity index (χ1v) is 13.2. The molecule has 3 amide bonds. The highest BCUT2D eigenvalue weighted by Gasteiger charge is 2.70. The van der Waals surface area contributed by atoms with Gasteiger partial charge in [0.05, 0.1) is 11.8 Å². The molecule has 1 spiro atoms. The lowest BCUT2D eigenvalue weighted by Gasteiger charge is -2.34. The van der Waals surface area contributed by atoms with Gasteiger partial charge in [-0.3, -0.25) is 24.6 Å². The van der Waals surface area contributed by atoms with Crippen molar-refractivity contribution >= 4 is 45.9 Å². The summed E-state index contributed by atoms with van der Waals surface area (Å²) >= 11 is 6.37. The predicted molar refractivity (Wildman–Crippen MR) is 136 cm³/mol. The monoisotopic (exact) mass is 502 g/mol. The third-order valence-corrected chi connectivity index (χ3v) is 9.00. The molecule has 1 aromatic heterocycles. The molecule has 184 valence electrons. The third kappa shape index (κ3) is 2.93. The summed E-state index contributed by atoms with van der Waals surface area (Å²) in [6.45, 7) is 0. The van der Waals surface area contributed by atoms with E-state index in [2.05, 4.69) is 21.7 Å². The van der Waals surface area contributed by atoms with Crippen LogP contribution in [-0.2, 0) is 26.3 Å². The number of anilines is 1. The Morgan fingerprint density at radius 3 is 2.64 bits per heavy atom. The van der Waals surface area contributed by atoms with E-state index in [0.717, 1.165) is 48.6 Å². The molecule has 3 N–H and O–H groups in total.